The molecule has 0 bridgehead atoms. The van der Waals surface area contributed by atoms with Crippen LogP contribution in [0.2, 0.25) is 0 Å². The quantitative estimate of drug-likeness (QED) is 0.494. The molecule has 2 heterocycles. The summed E-state index contributed by atoms with van der Waals surface area (Å²) in [5.74, 6) is -3.06. The molecule has 0 saturated heterocycles. The molecule has 1 aliphatic rings. The number of nitrogens with one attached hydrogen (secondary N) is 1. The number of sulfone groups is 1. The van der Waals surface area contributed by atoms with Crippen LogP contribution in [0.25, 0.3) is 0 Å². The third kappa shape index (κ3) is 5.66. The third-order valence-electron chi connectivity index (χ3n) is 6.11. The number of amides is 2. The summed E-state index contributed by atoms with van der Waals surface area (Å²) in [6.07, 6.45) is 2.33. The van der Waals surface area contributed by atoms with Crippen molar-refractivity contribution in [2.75, 3.05) is 11.2 Å². The molecular formula is C24H22B3FN4O4S. The Balaban J connectivity index is 1.64. The number of aromatic nitrogens is 2. The first kappa shape index (κ1) is 26.7. The molecule has 8 nitrogen and oxygen atoms in total. The van der Waals surface area contributed by atoms with E-state index in [1.165, 1.54) is 22.9 Å². The second-order valence-corrected chi connectivity index (χ2v) is 11.3. The smallest absolute Gasteiger partial charge is 0.275 e. The van der Waals surface area contributed by atoms with Crippen LogP contribution in [0.5, 0.6) is 0 Å². The SMILES string of the molecule is [B]C([B])([B])N1C(=O)[C@H](NC(=O)c2nn(Cc3ccccc3)cc2F)[C@H](C)Cc2cc(S(C)(=O)=O)ccc21. The average molecular weight is 514 g/mol. The van der Waals surface area contributed by atoms with Crippen LogP contribution in [0.15, 0.2) is 59.6 Å². The largest absolute Gasteiger partial charge is 0.338 e. The van der Waals surface area contributed by atoms with E-state index in [4.69, 9.17) is 23.5 Å². The van der Waals surface area contributed by atoms with E-state index in [-0.39, 0.29) is 23.5 Å². The molecule has 4 rings (SSSR count). The molecule has 0 unspecified atom stereocenters. The molecule has 6 radical (unpaired) electrons. The van der Waals surface area contributed by atoms with Crippen LogP contribution in [0, 0.1) is 11.7 Å². The Kier molecular flexibility index (Phi) is 7.11. The minimum absolute atomic E-state index is 0.0380. The van der Waals surface area contributed by atoms with Gasteiger partial charge in [0.1, 0.15) is 6.04 Å². The molecule has 37 heavy (non-hydrogen) atoms. The number of halogens is 1. The van der Waals surface area contributed by atoms with Crippen molar-refractivity contribution in [1.82, 2.24) is 15.1 Å². The fourth-order valence-corrected chi connectivity index (χ4v) is 5.03. The lowest BCUT2D eigenvalue weighted by atomic mass is 9.48. The summed E-state index contributed by atoms with van der Waals surface area (Å²) in [5.41, 5.74) is 1.04. The van der Waals surface area contributed by atoms with Crippen molar-refractivity contribution in [2.24, 2.45) is 5.92 Å². The molecule has 1 aromatic heterocycles. The van der Waals surface area contributed by atoms with Crippen molar-refractivity contribution in [2.45, 2.75) is 36.1 Å². The van der Waals surface area contributed by atoms with Crippen LogP contribution >= 0.6 is 0 Å². The number of rotatable bonds is 6. The molecule has 0 saturated carbocycles. The molecule has 2 amide bonds. The molecule has 0 aliphatic carbocycles. The standard InChI is InChI=1S/C24H22B3FN4O4S/c1-14-10-16-11-17(37(2,35)36)8-9-19(16)32(24(25,26)27)23(34)20(14)29-22(33)21-18(28)13-31(30-21)12-15-6-4-3-5-7-15/h3-9,11,13-14,20H,10,12H2,1-2H3,(H,29,33)/t14-,20-/m1/s1. The van der Waals surface area contributed by atoms with Crippen molar-refractivity contribution in [1.29, 1.82) is 0 Å². The van der Waals surface area contributed by atoms with E-state index >= 15 is 0 Å². The van der Waals surface area contributed by atoms with Gasteiger partial charge in [-0.25, -0.2) is 12.8 Å². The Morgan fingerprint density at radius 2 is 1.86 bits per heavy atom. The predicted molar refractivity (Wildman–Crippen MR) is 139 cm³/mol. The fourth-order valence-electron chi connectivity index (χ4n) is 4.36. The van der Waals surface area contributed by atoms with Crippen LogP contribution < -0.4 is 10.2 Å². The number of benzene rings is 2. The molecule has 1 N–H and O–H groups in total. The Labute approximate surface area is 218 Å². The highest BCUT2D eigenvalue weighted by Crippen LogP contribution is 2.34. The Bertz CT molecular complexity index is 1460. The highest BCUT2D eigenvalue weighted by Gasteiger charge is 2.40. The van der Waals surface area contributed by atoms with Gasteiger partial charge in [-0.1, -0.05) is 42.5 Å². The zero-order valence-corrected chi connectivity index (χ0v) is 21.1. The van der Waals surface area contributed by atoms with Crippen LogP contribution in [-0.2, 0) is 27.6 Å². The molecule has 1 aliphatic heterocycles. The van der Waals surface area contributed by atoms with E-state index in [1.54, 1.807) is 6.92 Å². The minimum Gasteiger partial charge on any atom is -0.338 e. The first-order valence-corrected chi connectivity index (χ1v) is 13.3. The maximum absolute atomic E-state index is 14.7. The Hall–Kier alpha value is -3.34. The van der Waals surface area contributed by atoms with Crippen LogP contribution in [-0.4, -0.2) is 71.1 Å². The van der Waals surface area contributed by atoms with E-state index in [2.05, 4.69) is 10.4 Å². The zero-order chi connectivity index (χ0) is 27.1. The van der Waals surface area contributed by atoms with E-state index in [0.29, 0.717) is 5.56 Å². The lowest BCUT2D eigenvalue weighted by molar-refractivity contribution is -0.121. The zero-order valence-electron chi connectivity index (χ0n) is 20.3. The molecule has 0 fully saturated rings. The van der Waals surface area contributed by atoms with Crippen molar-refractivity contribution < 1.29 is 22.4 Å². The number of carbonyl (C=O) groups is 2. The summed E-state index contributed by atoms with van der Waals surface area (Å²) >= 11 is 0. The number of hydrogen-bond donors (Lipinski definition) is 1. The third-order valence-corrected chi connectivity index (χ3v) is 7.22. The number of anilines is 1. The van der Waals surface area contributed by atoms with Gasteiger partial charge in [-0.3, -0.25) is 14.3 Å². The maximum Gasteiger partial charge on any atom is 0.275 e. The summed E-state index contributed by atoms with van der Waals surface area (Å²) in [5, 5.41) is 4.42. The molecular weight excluding hydrogens is 492 g/mol. The van der Waals surface area contributed by atoms with Gasteiger partial charge in [0.25, 0.3) is 5.91 Å². The van der Waals surface area contributed by atoms with Crippen LogP contribution in [0.3, 0.4) is 0 Å². The van der Waals surface area contributed by atoms with E-state index < -0.39 is 50.4 Å². The molecule has 0 spiro atoms. The summed E-state index contributed by atoms with van der Waals surface area (Å²) in [6, 6.07) is 12.1. The van der Waals surface area contributed by atoms with Gasteiger partial charge < -0.3 is 10.2 Å². The van der Waals surface area contributed by atoms with Gasteiger partial charge in [0, 0.05) is 11.9 Å². The molecule has 184 valence electrons. The van der Waals surface area contributed by atoms with Crippen molar-refractivity contribution >= 4 is 50.9 Å². The van der Waals surface area contributed by atoms with E-state index in [1.807, 2.05) is 30.3 Å². The van der Waals surface area contributed by atoms with Crippen LogP contribution in [0.1, 0.15) is 28.5 Å². The topological polar surface area (TPSA) is 101 Å². The highest BCUT2D eigenvalue weighted by molar-refractivity contribution is 7.90. The van der Waals surface area contributed by atoms with Crippen molar-refractivity contribution in [3.63, 3.8) is 0 Å². The van der Waals surface area contributed by atoms with Gasteiger partial charge in [0.15, 0.2) is 21.3 Å². The minimum atomic E-state index is -3.55. The number of fused-ring (bicyclic) bond motifs is 1. The monoisotopic (exact) mass is 514 g/mol. The summed E-state index contributed by atoms with van der Waals surface area (Å²) < 4.78 is 40.1. The average Bonchev–Trinajstić information content (AvgIpc) is 3.12. The molecule has 13 heteroatoms. The summed E-state index contributed by atoms with van der Waals surface area (Å²) in [4.78, 5) is 27.6. The van der Waals surface area contributed by atoms with Gasteiger partial charge in [0.2, 0.25) is 5.91 Å². The van der Waals surface area contributed by atoms with E-state index in [9.17, 15) is 22.4 Å². The predicted octanol–water partition coefficient (Wildman–Crippen LogP) is 0.915. The normalized spacial score (nSPS) is 18.2. The van der Waals surface area contributed by atoms with Gasteiger partial charge in [-0.2, -0.15) is 5.10 Å². The number of hydrogen-bond acceptors (Lipinski definition) is 5. The maximum atomic E-state index is 14.7. The van der Waals surface area contributed by atoms with Gasteiger partial charge in [0.05, 0.1) is 41.2 Å². The first-order valence-electron chi connectivity index (χ1n) is 11.4. The number of carbonyl (C=O) groups excluding carboxylic acids is 2. The van der Waals surface area contributed by atoms with Gasteiger partial charge in [-0.05, 0) is 41.7 Å². The second kappa shape index (κ2) is 9.85. The van der Waals surface area contributed by atoms with Crippen molar-refractivity contribution in [3.05, 3.63) is 77.4 Å². The first-order chi connectivity index (χ1) is 17.3. The second-order valence-electron chi connectivity index (χ2n) is 9.26. The van der Waals surface area contributed by atoms with Gasteiger partial charge >= 0.3 is 0 Å². The van der Waals surface area contributed by atoms with Gasteiger partial charge in [-0.15, -0.1) is 0 Å². The van der Waals surface area contributed by atoms with Crippen molar-refractivity contribution in [3.8, 4) is 0 Å². The molecule has 2 aromatic carbocycles. The Morgan fingerprint density at radius 1 is 1.19 bits per heavy atom. The number of nitrogens with zero attached hydrogens (tertiary/aromatic N) is 3. The highest BCUT2D eigenvalue weighted by atomic mass is 32.2. The molecule has 2 atom stereocenters. The summed E-state index contributed by atoms with van der Waals surface area (Å²) in [6.45, 7) is 1.92. The lowest BCUT2D eigenvalue weighted by Gasteiger charge is -2.39. The summed E-state index contributed by atoms with van der Waals surface area (Å²) in [7, 11) is 14.2. The fraction of sp³-hybridized carbons (Fsp3) is 0.292. The lowest BCUT2D eigenvalue weighted by Crippen LogP contribution is -2.60. The molecule has 3 aromatic rings. The van der Waals surface area contributed by atoms with E-state index in [0.717, 1.165) is 22.9 Å². The van der Waals surface area contributed by atoms with Crippen LogP contribution in [0.4, 0.5) is 10.1 Å². The Morgan fingerprint density at radius 3 is 2.49 bits per heavy atom.